The van der Waals surface area contributed by atoms with Crippen molar-refractivity contribution in [2.75, 3.05) is 6.54 Å². The van der Waals surface area contributed by atoms with Gasteiger partial charge in [0.25, 0.3) is 31.9 Å². The van der Waals surface area contributed by atoms with E-state index in [4.69, 9.17) is 0 Å². The van der Waals surface area contributed by atoms with Gasteiger partial charge in [0.05, 0.1) is 21.8 Å². The zero-order chi connectivity index (χ0) is 30.2. The number of nitrogens with one attached hydrogen (secondary N) is 1. The van der Waals surface area contributed by atoms with Crippen molar-refractivity contribution < 1.29 is 26.4 Å². The zero-order valence-electron chi connectivity index (χ0n) is 21.1. The van der Waals surface area contributed by atoms with E-state index in [1.165, 1.54) is 36.4 Å². The molecule has 42 heavy (non-hydrogen) atoms. The molecule has 0 bridgehead atoms. The summed E-state index contributed by atoms with van der Waals surface area (Å²) in [6, 6.07) is 21.9. The fraction of sp³-hybridized carbons (Fsp3) is 0.0370. The van der Waals surface area contributed by atoms with Crippen LogP contribution in [0.3, 0.4) is 0 Å². The number of fused-ring (bicyclic) bond motifs is 1. The number of carbonyl (C=O) groups excluding carboxylic acids is 2. The van der Waals surface area contributed by atoms with Crippen molar-refractivity contribution in [2.24, 2.45) is 0 Å². The molecule has 0 aliphatic carbocycles. The minimum atomic E-state index is -4.53. The Bertz CT molecular complexity index is 2150. The lowest BCUT2D eigenvalue weighted by Crippen LogP contribution is -2.42. The molecule has 0 saturated heterocycles. The molecule has 0 spiro atoms. The molecule has 5 rings (SSSR count). The van der Waals surface area contributed by atoms with Crippen LogP contribution in [0.25, 0.3) is 16.9 Å². The lowest BCUT2D eigenvalue weighted by Gasteiger charge is -2.16. The molecule has 0 saturated carbocycles. The highest BCUT2D eigenvalue weighted by atomic mass is 32.2. The Morgan fingerprint density at radius 3 is 2.17 bits per heavy atom. The van der Waals surface area contributed by atoms with Gasteiger partial charge in [0.15, 0.2) is 0 Å². The molecule has 1 aliphatic rings. The fourth-order valence-corrected chi connectivity index (χ4v) is 6.78. The van der Waals surface area contributed by atoms with Gasteiger partial charge in [-0.15, -0.1) is 0 Å². The number of amides is 2. The number of aromatic nitrogens is 2. The van der Waals surface area contributed by atoms with Crippen LogP contribution >= 0.6 is 0 Å². The number of nitrogens with zero attached hydrogens (tertiary/aromatic N) is 5. The van der Waals surface area contributed by atoms with Gasteiger partial charge in [-0.05, 0) is 36.4 Å². The van der Waals surface area contributed by atoms with E-state index in [1.807, 2.05) is 6.07 Å². The number of hydrogen-bond acceptors (Lipinski definition) is 10. The van der Waals surface area contributed by atoms with Gasteiger partial charge in [-0.2, -0.15) is 15.6 Å². The van der Waals surface area contributed by atoms with Crippen molar-refractivity contribution in [3.05, 3.63) is 106 Å². The van der Waals surface area contributed by atoms with E-state index < -0.39 is 54.4 Å². The largest absolute Gasteiger partial charge is 0.285 e. The smallest absolute Gasteiger partial charge is 0.269 e. The van der Waals surface area contributed by atoms with Crippen LogP contribution < -0.4 is 10.2 Å². The first kappa shape index (κ1) is 27.9. The number of benzene rings is 3. The molecule has 1 aromatic heterocycles. The van der Waals surface area contributed by atoms with Gasteiger partial charge in [0, 0.05) is 5.56 Å². The van der Waals surface area contributed by atoms with Crippen LogP contribution in [0.2, 0.25) is 0 Å². The number of carbonyl (C=O) groups is 2. The van der Waals surface area contributed by atoms with Gasteiger partial charge in [-0.25, -0.2) is 30.5 Å². The van der Waals surface area contributed by atoms with Crippen LogP contribution in [0.15, 0.2) is 93.4 Å². The number of sulfonamides is 2. The van der Waals surface area contributed by atoms with Gasteiger partial charge in [0.2, 0.25) is 11.1 Å². The molecule has 3 aromatic carbocycles. The molecule has 0 unspecified atom stereocenters. The highest BCUT2D eigenvalue weighted by Gasteiger charge is 2.42. The van der Waals surface area contributed by atoms with Crippen LogP contribution in [0.4, 0.5) is 0 Å². The second-order valence-electron chi connectivity index (χ2n) is 8.74. The molecule has 4 aromatic rings. The quantitative estimate of drug-likeness (QED) is 0.336. The van der Waals surface area contributed by atoms with Gasteiger partial charge < -0.3 is 0 Å². The third-order valence-electron chi connectivity index (χ3n) is 6.19. The molecular formula is C27H16N6O7S2. The third-order valence-corrected chi connectivity index (χ3v) is 9.37. The highest BCUT2D eigenvalue weighted by molar-refractivity contribution is 7.90. The van der Waals surface area contributed by atoms with E-state index >= 15 is 0 Å². The Labute approximate surface area is 238 Å². The third kappa shape index (κ3) is 4.68. The molecule has 2 heterocycles. The lowest BCUT2D eigenvalue weighted by atomic mass is 10.1. The topological polar surface area (TPSA) is 200 Å². The van der Waals surface area contributed by atoms with Crippen LogP contribution in [-0.2, 0) is 24.8 Å². The van der Waals surface area contributed by atoms with Crippen molar-refractivity contribution >= 4 is 31.9 Å². The summed E-state index contributed by atoms with van der Waals surface area (Å²) in [5, 5.41) is 23.2. The summed E-state index contributed by atoms with van der Waals surface area (Å²) in [6.45, 7) is -1.07. The summed E-state index contributed by atoms with van der Waals surface area (Å²) in [4.78, 5) is 37.1. The van der Waals surface area contributed by atoms with Crippen LogP contribution in [0.5, 0.6) is 0 Å². The van der Waals surface area contributed by atoms with Crippen molar-refractivity contribution in [3.63, 3.8) is 0 Å². The van der Waals surface area contributed by atoms with Gasteiger partial charge >= 0.3 is 0 Å². The minimum Gasteiger partial charge on any atom is -0.285 e. The van der Waals surface area contributed by atoms with Crippen molar-refractivity contribution in [2.45, 2.75) is 9.79 Å². The molecule has 13 nitrogen and oxygen atoms in total. The molecule has 208 valence electrons. The predicted octanol–water partition coefficient (Wildman–Crippen LogP) is 1.29. The lowest BCUT2D eigenvalue weighted by molar-refractivity contribution is -0.119. The van der Waals surface area contributed by atoms with E-state index in [2.05, 4.69) is 5.10 Å². The molecule has 1 aliphatic heterocycles. The maximum atomic E-state index is 12.9. The molecule has 0 fully saturated rings. The summed E-state index contributed by atoms with van der Waals surface area (Å²) in [5.74, 6) is -2.23. The fourth-order valence-electron chi connectivity index (χ4n) is 4.28. The average Bonchev–Trinajstić information content (AvgIpc) is 3.17. The van der Waals surface area contributed by atoms with Crippen molar-refractivity contribution in [1.82, 2.24) is 18.8 Å². The monoisotopic (exact) mass is 600 g/mol. The maximum Gasteiger partial charge on any atom is 0.269 e. The van der Waals surface area contributed by atoms with E-state index in [0.29, 0.717) is 5.56 Å². The standard InChI is InChI=1S/C27H16N6O7S2/c28-14-21-25(17-6-2-1-3-7-17)33(30-22(15-29)26(21)35)18-10-12-19(13-11-18)41(37,38)31-24(34)16-32-27(36)20-8-4-5-9-23(20)42(32,39)40/h1-13H,16H2,(H,31,34). The van der Waals surface area contributed by atoms with Crippen molar-refractivity contribution in [1.29, 1.82) is 10.5 Å². The number of rotatable bonds is 6. The summed E-state index contributed by atoms with van der Waals surface area (Å²) >= 11 is 0. The van der Waals surface area contributed by atoms with Crippen LogP contribution in [-0.4, -0.2) is 49.3 Å². The first-order valence-corrected chi connectivity index (χ1v) is 14.8. The number of hydrogen-bond donors (Lipinski definition) is 1. The Balaban J connectivity index is 1.45. The molecule has 0 atom stereocenters. The van der Waals surface area contributed by atoms with Gasteiger partial charge in [0.1, 0.15) is 29.1 Å². The summed E-state index contributed by atoms with van der Waals surface area (Å²) in [5.41, 5.74) is -1.20. The predicted molar refractivity (Wildman–Crippen MR) is 145 cm³/mol. The SMILES string of the molecule is N#Cc1nn(-c2ccc(S(=O)(=O)NC(=O)CN3C(=O)c4ccccc4S3(=O)=O)cc2)c(-c2ccccc2)c(C#N)c1=O. The Morgan fingerprint density at radius 1 is 0.905 bits per heavy atom. The Hall–Kier alpha value is -5.64. The summed E-state index contributed by atoms with van der Waals surface area (Å²) in [7, 11) is -8.87. The maximum absolute atomic E-state index is 12.9. The zero-order valence-corrected chi connectivity index (χ0v) is 22.8. The number of nitriles is 2. The molecular weight excluding hydrogens is 584 g/mol. The van der Waals surface area contributed by atoms with Crippen LogP contribution in [0, 0.1) is 22.7 Å². The first-order chi connectivity index (χ1) is 20.0. The van der Waals surface area contributed by atoms with Crippen LogP contribution in [0.1, 0.15) is 21.6 Å². The Morgan fingerprint density at radius 2 is 1.55 bits per heavy atom. The molecule has 0 radical (unpaired) electrons. The van der Waals surface area contributed by atoms with E-state index in [0.717, 1.165) is 16.8 Å². The Kier molecular flexibility index (Phi) is 6.91. The summed E-state index contributed by atoms with van der Waals surface area (Å²) < 4.78 is 54.4. The molecule has 2 amide bonds. The molecule has 1 N–H and O–H groups in total. The highest BCUT2D eigenvalue weighted by Crippen LogP contribution is 2.30. The van der Waals surface area contributed by atoms with E-state index in [1.54, 1.807) is 41.1 Å². The van der Waals surface area contributed by atoms with E-state index in [-0.39, 0.29) is 31.7 Å². The van der Waals surface area contributed by atoms with Crippen molar-refractivity contribution in [3.8, 4) is 29.1 Å². The second-order valence-corrected chi connectivity index (χ2v) is 12.3. The first-order valence-electron chi connectivity index (χ1n) is 11.8. The van der Waals surface area contributed by atoms with E-state index in [9.17, 15) is 41.7 Å². The average molecular weight is 601 g/mol. The molecule has 15 heteroatoms. The minimum absolute atomic E-state index is 0.0727. The second kappa shape index (κ2) is 10.4. The van der Waals surface area contributed by atoms with Gasteiger partial charge in [-0.3, -0.25) is 14.4 Å². The summed E-state index contributed by atoms with van der Waals surface area (Å²) in [6.07, 6.45) is 0. The van der Waals surface area contributed by atoms with Gasteiger partial charge in [-0.1, -0.05) is 42.5 Å². The normalized spacial score (nSPS) is 13.6.